The van der Waals surface area contributed by atoms with E-state index in [1.807, 2.05) is 13.0 Å². The van der Waals surface area contributed by atoms with Crippen LogP contribution >= 0.6 is 11.6 Å². The van der Waals surface area contributed by atoms with Crippen molar-refractivity contribution >= 4 is 33.2 Å². The van der Waals surface area contributed by atoms with E-state index in [0.717, 1.165) is 43.5 Å². The maximum Gasteiger partial charge on any atom is 0.264 e. The molecule has 3 aliphatic heterocycles. The number of rotatable bonds is 1. The molecule has 1 amide bonds. The Hall–Kier alpha value is -2.58. The first kappa shape index (κ1) is 31.0. The maximum absolute atomic E-state index is 15.4. The number of ether oxygens (including phenoxy) is 1. The highest BCUT2D eigenvalue weighted by Crippen LogP contribution is 2.52. The topological polar surface area (TPSA) is 75.7 Å². The molecular weight excluding hydrogens is 611 g/mol. The monoisotopic (exact) mass is 654 g/mol. The van der Waals surface area contributed by atoms with Gasteiger partial charge in [-0.3, -0.25) is 4.79 Å². The molecule has 2 aromatic rings. The van der Waals surface area contributed by atoms with Gasteiger partial charge in [-0.2, -0.15) is 0 Å². The number of fused-ring (bicyclic) bond motifs is 6. The van der Waals surface area contributed by atoms with Crippen LogP contribution in [0.4, 0.5) is 10.1 Å². The molecule has 7 atom stereocenters. The molecule has 1 N–H and O–H groups in total. The van der Waals surface area contributed by atoms with Gasteiger partial charge in [-0.15, -0.1) is 0 Å². The minimum Gasteiger partial charge on any atom is -0.490 e. The third-order valence-electron chi connectivity index (χ3n) is 12.0. The molecule has 8 rings (SSSR count). The van der Waals surface area contributed by atoms with E-state index in [2.05, 4.69) is 29.5 Å². The molecule has 1 fully saturated rings. The standard InChI is InChI=1S/C36H44ClFN2O4S/c1-20(2)33-26-14-25(15-26)21(3)22(4)45(42,43)39-35(41)23-8-12-32-31(16-23)40(17-24-7-9-27(24)33)18-36(19-44-32)13-5-6-28-29(36)10-11-30(37)34(28)38/h8,10-12,14,16,20-22,24-25,27,33H,5-7,9,13,15,17-19H2,1-4H3,(H,39,41)/t21-,22-,24+,25+,27-,33-,36+/m1/s1. The summed E-state index contributed by atoms with van der Waals surface area (Å²) in [5.41, 5.74) is 3.73. The molecule has 9 heteroatoms. The Morgan fingerprint density at radius 3 is 2.64 bits per heavy atom. The molecule has 3 heterocycles. The summed E-state index contributed by atoms with van der Waals surface area (Å²) in [6, 6.07) is 8.86. The number of anilines is 1. The van der Waals surface area contributed by atoms with Crippen molar-refractivity contribution < 1.29 is 22.3 Å². The number of hydrogen-bond donors (Lipinski definition) is 1. The second kappa shape index (κ2) is 11.3. The summed E-state index contributed by atoms with van der Waals surface area (Å²) < 4.78 is 51.2. The van der Waals surface area contributed by atoms with Crippen molar-refractivity contribution in [2.24, 2.45) is 35.5 Å². The summed E-state index contributed by atoms with van der Waals surface area (Å²) >= 11 is 6.24. The molecular formula is C36H44ClFN2O4S. The number of benzene rings is 2. The van der Waals surface area contributed by atoms with E-state index in [4.69, 9.17) is 16.3 Å². The van der Waals surface area contributed by atoms with Crippen molar-refractivity contribution in [1.29, 1.82) is 0 Å². The van der Waals surface area contributed by atoms with Crippen LogP contribution < -0.4 is 14.4 Å². The largest absolute Gasteiger partial charge is 0.490 e. The van der Waals surface area contributed by atoms with Gasteiger partial charge in [0.25, 0.3) is 5.91 Å². The summed E-state index contributed by atoms with van der Waals surface area (Å²) in [6.45, 7) is 10.1. The Kier molecular flexibility index (Phi) is 7.79. The first-order valence-corrected chi connectivity index (χ1v) is 18.6. The van der Waals surface area contributed by atoms with Gasteiger partial charge in [0.05, 0.1) is 22.6 Å². The van der Waals surface area contributed by atoms with Gasteiger partial charge in [-0.25, -0.2) is 17.5 Å². The van der Waals surface area contributed by atoms with E-state index in [0.29, 0.717) is 54.6 Å². The van der Waals surface area contributed by atoms with Gasteiger partial charge in [0.2, 0.25) is 10.0 Å². The number of halogens is 2. The summed E-state index contributed by atoms with van der Waals surface area (Å²) in [5.74, 6) is 1.71. The minimum absolute atomic E-state index is 0.109. The number of nitrogens with one attached hydrogen (secondary N) is 1. The number of carbonyl (C=O) groups is 1. The second-order valence-corrected chi connectivity index (χ2v) is 17.2. The number of sulfonamides is 1. The molecule has 4 bridgehead atoms. The third kappa shape index (κ3) is 5.18. The fraction of sp³-hybridized carbons (Fsp3) is 0.583. The van der Waals surface area contributed by atoms with Crippen LogP contribution in [0.2, 0.25) is 5.02 Å². The highest BCUT2D eigenvalue weighted by atomic mass is 35.5. The fourth-order valence-corrected chi connectivity index (χ4v) is 10.6. The molecule has 1 spiro atoms. The zero-order valence-electron chi connectivity index (χ0n) is 26.6. The maximum atomic E-state index is 15.4. The summed E-state index contributed by atoms with van der Waals surface area (Å²) in [6.07, 6.45) is 7.88. The highest BCUT2D eigenvalue weighted by Gasteiger charge is 2.47. The lowest BCUT2D eigenvalue weighted by atomic mass is 9.58. The molecule has 2 aromatic carbocycles. The molecule has 242 valence electrons. The van der Waals surface area contributed by atoms with Crippen LogP contribution in [0.5, 0.6) is 5.75 Å². The number of amides is 1. The average Bonchev–Trinajstić information content (AvgIpc) is 3.11. The van der Waals surface area contributed by atoms with E-state index in [9.17, 15) is 13.2 Å². The Balaban J connectivity index is 1.33. The van der Waals surface area contributed by atoms with Crippen molar-refractivity contribution in [3.05, 3.63) is 69.5 Å². The van der Waals surface area contributed by atoms with Gasteiger partial charge in [-0.05, 0) is 116 Å². The normalized spacial score (nSPS) is 33.9. The van der Waals surface area contributed by atoms with Crippen LogP contribution in [0.15, 0.2) is 42.0 Å². The SMILES string of the molecule is CC(C)[C@@H]1C2=C[C@@H](C2)[C@H](C)[C@@H](C)S(=O)(=O)NC(=O)c2ccc3c(c2)N(C[C@@H]2CC[C@H]21)C[C@@]1(CCCc2c1ccc(Cl)c2F)CO3. The van der Waals surface area contributed by atoms with Crippen LogP contribution in [0.3, 0.4) is 0 Å². The van der Waals surface area contributed by atoms with Crippen LogP contribution in [0.25, 0.3) is 0 Å². The molecule has 6 aliphatic rings. The highest BCUT2D eigenvalue weighted by molar-refractivity contribution is 7.90. The van der Waals surface area contributed by atoms with Crippen LogP contribution in [-0.4, -0.2) is 39.3 Å². The van der Waals surface area contributed by atoms with Crippen molar-refractivity contribution in [2.45, 2.75) is 76.9 Å². The first-order valence-electron chi connectivity index (χ1n) is 16.6. The Labute approximate surface area is 271 Å². The van der Waals surface area contributed by atoms with Gasteiger partial charge in [0, 0.05) is 24.1 Å². The molecule has 1 saturated carbocycles. The van der Waals surface area contributed by atoms with Crippen molar-refractivity contribution in [3.63, 3.8) is 0 Å². The predicted octanol–water partition coefficient (Wildman–Crippen LogP) is 7.29. The number of carbonyl (C=O) groups excluding carboxylic acids is 1. The lowest BCUT2D eigenvalue weighted by molar-refractivity contribution is 0.0904. The molecule has 0 radical (unpaired) electrons. The molecule has 0 saturated heterocycles. The van der Waals surface area contributed by atoms with Crippen LogP contribution in [-0.2, 0) is 21.9 Å². The molecule has 45 heavy (non-hydrogen) atoms. The van der Waals surface area contributed by atoms with Crippen LogP contribution in [0, 0.1) is 41.3 Å². The predicted molar refractivity (Wildman–Crippen MR) is 176 cm³/mol. The lowest BCUT2D eigenvalue weighted by Gasteiger charge is -2.50. The average molecular weight is 655 g/mol. The number of hydrogen-bond acceptors (Lipinski definition) is 5. The minimum atomic E-state index is -3.91. The second-order valence-electron chi connectivity index (χ2n) is 14.8. The molecule has 0 unspecified atom stereocenters. The quantitative estimate of drug-likeness (QED) is 0.327. The number of allylic oxidation sites excluding steroid dienone is 2. The van der Waals surface area contributed by atoms with Crippen molar-refractivity contribution in [2.75, 3.05) is 24.6 Å². The summed E-state index contributed by atoms with van der Waals surface area (Å²) in [7, 11) is -3.91. The van der Waals surface area contributed by atoms with E-state index in [1.54, 1.807) is 31.2 Å². The van der Waals surface area contributed by atoms with Crippen LogP contribution in [0.1, 0.15) is 81.3 Å². The smallest absolute Gasteiger partial charge is 0.264 e. The molecule has 0 aromatic heterocycles. The number of nitrogens with zero attached hydrogens (tertiary/aromatic N) is 1. The third-order valence-corrected chi connectivity index (χ3v) is 14.2. The van der Waals surface area contributed by atoms with Crippen molar-refractivity contribution in [1.82, 2.24) is 4.72 Å². The molecule has 3 aliphatic carbocycles. The fourth-order valence-electron chi connectivity index (χ4n) is 9.07. The van der Waals surface area contributed by atoms with Crippen molar-refractivity contribution in [3.8, 4) is 5.75 Å². The van der Waals surface area contributed by atoms with E-state index in [-0.39, 0.29) is 28.2 Å². The Morgan fingerprint density at radius 2 is 1.93 bits per heavy atom. The van der Waals surface area contributed by atoms with Gasteiger partial charge in [-0.1, -0.05) is 50.1 Å². The van der Waals surface area contributed by atoms with Gasteiger partial charge >= 0.3 is 0 Å². The Morgan fingerprint density at radius 1 is 1.16 bits per heavy atom. The summed E-state index contributed by atoms with van der Waals surface area (Å²) in [5, 5.41) is -0.570. The van der Waals surface area contributed by atoms with Gasteiger partial charge in [0.15, 0.2) is 0 Å². The Bertz CT molecular complexity index is 1670. The zero-order chi connectivity index (χ0) is 31.8. The lowest BCUT2D eigenvalue weighted by Crippen LogP contribution is -2.50. The van der Waals surface area contributed by atoms with Gasteiger partial charge < -0.3 is 9.64 Å². The van der Waals surface area contributed by atoms with E-state index < -0.39 is 26.6 Å². The zero-order valence-corrected chi connectivity index (χ0v) is 28.2. The van der Waals surface area contributed by atoms with E-state index in [1.165, 1.54) is 12.0 Å². The van der Waals surface area contributed by atoms with Gasteiger partial charge in [0.1, 0.15) is 11.6 Å². The summed E-state index contributed by atoms with van der Waals surface area (Å²) in [4.78, 5) is 15.9. The first-order chi connectivity index (χ1) is 21.4. The van der Waals surface area contributed by atoms with E-state index >= 15 is 4.39 Å². The molecule has 6 nitrogen and oxygen atoms in total.